The van der Waals surface area contributed by atoms with E-state index in [9.17, 15) is 14.0 Å². The number of rotatable bonds is 4. The van der Waals surface area contributed by atoms with Crippen LogP contribution in [0.3, 0.4) is 0 Å². The van der Waals surface area contributed by atoms with Crippen molar-refractivity contribution >= 4 is 17.7 Å². The Morgan fingerprint density at radius 1 is 1.29 bits per heavy atom. The second kappa shape index (κ2) is 4.69. The fourth-order valence-corrected chi connectivity index (χ4v) is 2.27. The number of nitrogens with zero attached hydrogens (tertiary/aromatic N) is 1. The van der Waals surface area contributed by atoms with Gasteiger partial charge in [-0.05, 0) is 30.5 Å². The summed E-state index contributed by atoms with van der Waals surface area (Å²) in [6, 6.07) is 7.07. The number of aromatic nitrogens is 2. The van der Waals surface area contributed by atoms with E-state index in [0.29, 0.717) is 12.8 Å². The minimum absolute atomic E-state index is 0.100. The molecule has 0 spiro atoms. The molecule has 3 rings (SSSR count). The SMILES string of the molecule is O=C(O)c1cc(NC(=O)C2(c3ccc(F)cc3)CC2)n[nH]1. The van der Waals surface area contributed by atoms with Crippen molar-refractivity contribution in [1.29, 1.82) is 0 Å². The van der Waals surface area contributed by atoms with Gasteiger partial charge in [-0.3, -0.25) is 9.89 Å². The van der Waals surface area contributed by atoms with Crippen LogP contribution in [0.15, 0.2) is 30.3 Å². The summed E-state index contributed by atoms with van der Waals surface area (Å²) < 4.78 is 13.0. The fraction of sp³-hybridized carbons (Fsp3) is 0.214. The number of hydrogen-bond donors (Lipinski definition) is 3. The average molecular weight is 289 g/mol. The Balaban J connectivity index is 1.78. The third kappa shape index (κ3) is 2.37. The molecule has 1 aliphatic rings. The molecule has 1 heterocycles. The van der Waals surface area contributed by atoms with E-state index < -0.39 is 11.4 Å². The van der Waals surface area contributed by atoms with Crippen molar-refractivity contribution in [1.82, 2.24) is 10.2 Å². The topological polar surface area (TPSA) is 95.1 Å². The summed E-state index contributed by atoms with van der Waals surface area (Å²) in [5.41, 5.74) is -0.0249. The van der Waals surface area contributed by atoms with E-state index in [2.05, 4.69) is 15.5 Å². The molecule has 1 aromatic heterocycles. The molecule has 3 N–H and O–H groups in total. The summed E-state index contributed by atoms with van der Waals surface area (Å²) in [4.78, 5) is 23.1. The lowest BCUT2D eigenvalue weighted by Crippen LogP contribution is -2.28. The first-order chi connectivity index (χ1) is 10.0. The van der Waals surface area contributed by atoms with Crippen LogP contribution < -0.4 is 5.32 Å². The van der Waals surface area contributed by atoms with Crippen molar-refractivity contribution in [3.05, 3.63) is 47.4 Å². The number of H-pyrrole nitrogens is 1. The highest BCUT2D eigenvalue weighted by Crippen LogP contribution is 2.48. The quantitative estimate of drug-likeness (QED) is 0.801. The second-order valence-corrected chi connectivity index (χ2v) is 5.02. The number of carboxylic acids is 1. The number of amides is 1. The lowest BCUT2D eigenvalue weighted by molar-refractivity contribution is -0.118. The van der Waals surface area contributed by atoms with Crippen molar-refractivity contribution in [3.8, 4) is 0 Å². The molecule has 6 nitrogen and oxygen atoms in total. The van der Waals surface area contributed by atoms with Gasteiger partial charge in [0.15, 0.2) is 5.82 Å². The van der Waals surface area contributed by atoms with E-state index in [1.165, 1.54) is 18.2 Å². The molecule has 1 aliphatic carbocycles. The fourth-order valence-electron chi connectivity index (χ4n) is 2.27. The monoisotopic (exact) mass is 289 g/mol. The summed E-state index contributed by atoms with van der Waals surface area (Å²) in [6.45, 7) is 0. The Bertz CT molecular complexity index is 705. The van der Waals surface area contributed by atoms with Crippen LogP contribution in [0.4, 0.5) is 10.2 Å². The van der Waals surface area contributed by atoms with Crippen LogP contribution in [0.25, 0.3) is 0 Å². The highest BCUT2D eigenvalue weighted by molar-refractivity contribution is 6.01. The van der Waals surface area contributed by atoms with Gasteiger partial charge in [-0.2, -0.15) is 5.10 Å². The minimum atomic E-state index is -1.15. The number of benzene rings is 1. The summed E-state index contributed by atoms with van der Waals surface area (Å²) in [6.07, 6.45) is 1.33. The van der Waals surface area contributed by atoms with E-state index in [1.807, 2.05) is 0 Å². The zero-order valence-electron chi connectivity index (χ0n) is 10.9. The Morgan fingerprint density at radius 2 is 1.95 bits per heavy atom. The molecule has 0 radical (unpaired) electrons. The van der Waals surface area contributed by atoms with Crippen LogP contribution in [-0.2, 0) is 10.2 Å². The normalized spacial score (nSPS) is 15.5. The maximum absolute atomic E-state index is 13.0. The van der Waals surface area contributed by atoms with E-state index in [4.69, 9.17) is 5.11 Å². The molecule has 0 atom stereocenters. The van der Waals surface area contributed by atoms with Crippen LogP contribution in [-0.4, -0.2) is 27.2 Å². The van der Waals surface area contributed by atoms with Gasteiger partial charge in [0.2, 0.25) is 5.91 Å². The molecular formula is C14H12FN3O3. The van der Waals surface area contributed by atoms with Crippen LogP contribution in [0, 0.1) is 5.82 Å². The Labute approximate surface area is 119 Å². The number of hydrogen-bond acceptors (Lipinski definition) is 3. The van der Waals surface area contributed by atoms with Gasteiger partial charge in [0, 0.05) is 6.07 Å². The second-order valence-electron chi connectivity index (χ2n) is 5.02. The number of nitrogens with one attached hydrogen (secondary N) is 2. The molecule has 1 fully saturated rings. The van der Waals surface area contributed by atoms with Gasteiger partial charge in [-0.1, -0.05) is 12.1 Å². The summed E-state index contributed by atoms with van der Waals surface area (Å²) in [5.74, 6) is -1.61. The molecular weight excluding hydrogens is 277 g/mol. The van der Waals surface area contributed by atoms with Gasteiger partial charge in [0.05, 0.1) is 5.41 Å². The number of aromatic carboxylic acids is 1. The van der Waals surface area contributed by atoms with Crippen LogP contribution in [0.5, 0.6) is 0 Å². The summed E-state index contributed by atoms with van der Waals surface area (Å²) >= 11 is 0. The summed E-state index contributed by atoms with van der Waals surface area (Å²) in [7, 11) is 0. The average Bonchev–Trinajstić information content (AvgIpc) is 3.13. The zero-order chi connectivity index (χ0) is 15.0. The van der Waals surface area contributed by atoms with E-state index in [0.717, 1.165) is 5.56 Å². The van der Waals surface area contributed by atoms with Gasteiger partial charge in [0.1, 0.15) is 11.5 Å². The maximum Gasteiger partial charge on any atom is 0.353 e. The number of carbonyl (C=O) groups is 2. The van der Waals surface area contributed by atoms with Gasteiger partial charge >= 0.3 is 5.97 Å². The Morgan fingerprint density at radius 3 is 2.48 bits per heavy atom. The highest BCUT2D eigenvalue weighted by Gasteiger charge is 2.51. The largest absolute Gasteiger partial charge is 0.477 e. The molecule has 0 unspecified atom stereocenters. The standard InChI is InChI=1S/C14H12FN3O3/c15-9-3-1-8(2-4-9)14(5-6-14)13(21)16-11-7-10(12(19)20)17-18-11/h1-4,7H,5-6H2,(H,19,20)(H2,16,17,18,21). The molecule has 0 bridgehead atoms. The van der Waals surface area contributed by atoms with Crippen LogP contribution in [0.2, 0.25) is 0 Å². The van der Waals surface area contributed by atoms with E-state index in [-0.39, 0.29) is 23.2 Å². The number of anilines is 1. The highest BCUT2D eigenvalue weighted by atomic mass is 19.1. The van der Waals surface area contributed by atoms with E-state index >= 15 is 0 Å². The lowest BCUT2D eigenvalue weighted by Gasteiger charge is -2.14. The molecule has 1 aromatic carbocycles. The number of carbonyl (C=O) groups excluding carboxylic acids is 1. The molecule has 21 heavy (non-hydrogen) atoms. The molecule has 2 aromatic rings. The Hall–Kier alpha value is -2.70. The van der Waals surface area contributed by atoms with Crippen molar-refractivity contribution in [2.75, 3.05) is 5.32 Å². The molecule has 108 valence electrons. The first-order valence-corrected chi connectivity index (χ1v) is 6.37. The van der Waals surface area contributed by atoms with Gasteiger partial charge in [-0.15, -0.1) is 0 Å². The number of aromatic amines is 1. The third-order valence-corrected chi connectivity index (χ3v) is 3.63. The van der Waals surface area contributed by atoms with Crippen LogP contribution in [0.1, 0.15) is 28.9 Å². The first kappa shape index (κ1) is 13.3. The van der Waals surface area contributed by atoms with Gasteiger partial charge in [-0.25, -0.2) is 9.18 Å². The zero-order valence-corrected chi connectivity index (χ0v) is 10.9. The van der Waals surface area contributed by atoms with Gasteiger partial charge < -0.3 is 10.4 Å². The van der Waals surface area contributed by atoms with E-state index in [1.54, 1.807) is 12.1 Å². The van der Waals surface area contributed by atoms with Crippen LogP contribution >= 0.6 is 0 Å². The molecule has 0 saturated heterocycles. The lowest BCUT2D eigenvalue weighted by atomic mass is 9.95. The van der Waals surface area contributed by atoms with Crippen molar-refractivity contribution < 1.29 is 19.1 Å². The number of carboxylic acid groups (broad SMARTS) is 1. The maximum atomic E-state index is 13.0. The molecule has 7 heteroatoms. The predicted octanol–water partition coefficient (Wildman–Crippen LogP) is 1.92. The van der Waals surface area contributed by atoms with Crippen molar-refractivity contribution in [2.45, 2.75) is 18.3 Å². The molecule has 1 amide bonds. The predicted molar refractivity (Wildman–Crippen MR) is 71.5 cm³/mol. The minimum Gasteiger partial charge on any atom is -0.477 e. The smallest absolute Gasteiger partial charge is 0.353 e. The molecule has 1 saturated carbocycles. The van der Waals surface area contributed by atoms with Gasteiger partial charge in [0.25, 0.3) is 0 Å². The van der Waals surface area contributed by atoms with Crippen molar-refractivity contribution in [2.24, 2.45) is 0 Å². The Kier molecular flexibility index (Phi) is 2.97. The first-order valence-electron chi connectivity index (χ1n) is 6.37. The third-order valence-electron chi connectivity index (χ3n) is 3.63. The van der Waals surface area contributed by atoms with Crippen molar-refractivity contribution in [3.63, 3.8) is 0 Å². The molecule has 0 aliphatic heterocycles. The number of halogens is 1. The summed E-state index contributed by atoms with van der Waals surface area (Å²) in [5, 5.41) is 17.4.